The Kier molecular flexibility index (Phi) is 21.3. The lowest BCUT2D eigenvalue weighted by atomic mass is 9.79. The van der Waals surface area contributed by atoms with Gasteiger partial charge >= 0.3 is 0 Å². The Labute approximate surface area is 542 Å². The number of hydrogen-bond acceptors (Lipinski definition) is 12. The number of hydrogen-bond donors (Lipinski definition) is 4. The van der Waals surface area contributed by atoms with Gasteiger partial charge < -0.3 is 40.2 Å². The molecule has 0 aliphatic heterocycles. The van der Waals surface area contributed by atoms with Crippen LogP contribution >= 0.6 is 0 Å². The molecule has 4 aromatic carbocycles. The molecule has 0 unspecified atom stereocenters. The number of carbonyl (C=O) groups is 4. The molecule has 4 aromatic heterocycles. The van der Waals surface area contributed by atoms with Crippen molar-refractivity contribution in [1.29, 1.82) is 0 Å². The molecule has 8 aromatic rings. The van der Waals surface area contributed by atoms with Gasteiger partial charge in [0.15, 0.2) is 26.4 Å². The first kappa shape index (κ1) is 67.0. The number of ether oxygens (including phenoxy) is 4. The minimum atomic E-state index is -0.394. The fourth-order valence-corrected chi connectivity index (χ4v) is 10.9. The van der Waals surface area contributed by atoms with Gasteiger partial charge in [0.2, 0.25) is 0 Å². The van der Waals surface area contributed by atoms with Gasteiger partial charge in [0.05, 0.1) is 49.0 Å². The van der Waals surface area contributed by atoms with Crippen LogP contribution in [0, 0.1) is 0 Å². The highest BCUT2D eigenvalue weighted by Crippen LogP contribution is 2.44. The third-order valence-electron chi connectivity index (χ3n) is 16.1. The Balaban J connectivity index is 1.29. The molecule has 0 radical (unpaired) electrons. The lowest BCUT2D eigenvalue weighted by Gasteiger charge is -2.29. The Bertz CT molecular complexity index is 3290. The predicted octanol–water partition coefficient (Wildman–Crippen LogP) is 11.9. The number of fused-ring (bicyclic) bond motifs is 8. The summed E-state index contributed by atoms with van der Waals surface area (Å²) in [5.74, 6) is 0.623. The lowest BCUT2D eigenvalue weighted by Crippen LogP contribution is -2.30. The zero-order chi connectivity index (χ0) is 65.8. The minimum absolute atomic E-state index is 0.202. The normalized spacial score (nSPS) is 12.5. The third kappa shape index (κ3) is 18.4. The molecular weight excluding hydrogens is 1150 g/mol. The molecule has 16 heteroatoms. The summed E-state index contributed by atoms with van der Waals surface area (Å²) in [4.78, 5) is 74.2. The van der Waals surface area contributed by atoms with Crippen molar-refractivity contribution in [3.05, 3.63) is 236 Å². The van der Waals surface area contributed by atoms with Gasteiger partial charge in [-0.3, -0.25) is 39.1 Å². The number of amides is 4. The van der Waals surface area contributed by atoms with E-state index in [2.05, 4.69) is 173 Å². The quantitative estimate of drug-likeness (QED) is 0.0563. The predicted molar refractivity (Wildman–Crippen MR) is 358 cm³/mol. The Morgan fingerprint density at radius 3 is 0.652 bits per heavy atom. The maximum atomic E-state index is 14.1. The van der Waals surface area contributed by atoms with E-state index < -0.39 is 21.7 Å². The number of pyridine rings is 4. The van der Waals surface area contributed by atoms with Gasteiger partial charge in [-0.25, -0.2) is 0 Å². The van der Waals surface area contributed by atoms with E-state index in [-0.39, 0.29) is 102 Å². The van der Waals surface area contributed by atoms with Crippen LogP contribution < -0.4 is 40.2 Å². The van der Waals surface area contributed by atoms with Crippen molar-refractivity contribution < 1.29 is 38.1 Å². The van der Waals surface area contributed by atoms with Crippen LogP contribution in [-0.4, -0.2) is 70.0 Å². The van der Waals surface area contributed by atoms with E-state index in [0.717, 1.165) is 66.8 Å². The van der Waals surface area contributed by atoms with Gasteiger partial charge in [0.1, 0.15) is 23.0 Å². The molecule has 16 nitrogen and oxygen atoms in total. The molecule has 0 spiro atoms. The van der Waals surface area contributed by atoms with Crippen molar-refractivity contribution in [3.8, 4) is 23.0 Å². The van der Waals surface area contributed by atoms with Gasteiger partial charge in [-0.05, 0) is 137 Å². The smallest absolute Gasteiger partial charge is 0.258 e. The second kappa shape index (κ2) is 29.2. The minimum Gasteiger partial charge on any atom is -0.483 e. The molecule has 4 amide bonds. The van der Waals surface area contributed by atoms with Crippen molar-refractivity contribution in [1.82, 2.24) is 41.2 Å². The number of benzene rings is 4. The second-order valence-corrected chi connectivity index (χ2v) is 27.7. The van der Waals surface area contributed by atoms with Crippen molar-refractivity contribution in [3.63, 3.8) is 0 Å². The van der Waals surface area contributed by atoms with Crippen LogP contribution in [0.15, 0.2) is 146 Å². The first-order valence-electron chi connectivity index (χ1n) is 31.6. The molecule has 4 heterocycles. The van der Waals surface area contributed by atoms with E-state index in [1.807, 2.05) is 72.8 Å². The summed E-state index contributed by atoms with van der Waals surface area (Å²) >= 11 is 0. The molecule has 0 saturated heterocycles. The summed E-state index contributed by atoms with van der Waals surface area (Å²) in [6.07, 6.45) is 7.72. The molecule has 9 rings (SSSR count). The van der Waals surface area contributed by atoms with Crippen molar-refractivity contribution in [2.24, 2.45) is 0 Å². The number of rotatable bonds is 20. The largest absolute Gasteiger partial charge is 0.483 e. The van der Waals surface area contributed by atoms with Gasteiger partial charge in [0, 0.05) is 50.5 Å². The Morgan fingerprint density at radius 1 is 0.315 bits per heavy atom. The van der Waals surface area contributed by atoms with Gasteiger partial charge in [-0.15, -0.1) is 0 Å². The van der Waals surface area contributed by atoms with Gasteiger partial charge in [-0.1, -0.05) is 156 Å². The maximum absolute atomic E-state index is 14.1. The average molecular weight is 1240 g/mol. The van der Waals surface area contributed by atoms with Crippen LogP contribution in [0.3, 0.4) is 0 Å². The fourth-order valence-electron chi connectivity index (χ4n) is 10.9. The van der Waals surface area contributed by atoms with Gasteiger partial charge in [-0.2, -0.15) is 0 Å². The standard InChI is InChI=1S/C76H88N8O8/c1-73(2,3)57-33-49-29-51-35-58(74(4,5)6)37-53(70(51)90-46-66(86)82-42-62-22-14-18-26-78-62)31-55-39-60(76(10,11)12)40-56(72(55)92-48-68(88)84-44-64-24-16-20-28-80-64)32-54-38-59(75(7,8)9)36-52(71(54)91-47-67(87)83-43-63-23-15-19-27-79-63)30-50(34-57)69(49)89-45-65(85)81-41-61-21-13-17-25-77-61/h13-28,33-40H,29-32,41-48H2,1-12H3,(H,81,85)(H,82,86)(H,83,87)(H,84,88). The monoisotopic (exact) mass is 1240 g/mol. The molecule has 0 atom stereocenters. The van der Waals surface area contributed by atoms with Crippen LogP contribution in [0.4, 0.5) is 0 Å². The second-order valence-electron chi connectivity index (χ2n) is 27.7. The fraction of sp³-hybridized carbons (Fsp3) is 0.368. The molecule has 92 heavy (non-hydrogen) atoms. The first-order chi connectivity index (χ1) is 43.7. The van der Waals surface area contributed by atoms with Crippen LogP contribution in [0.1, 0.15) is 173 Å². The first-order valence-corrected chi connectivity index (χ1v) is 31.6. The summed E-state index contributed by atoms with van der Waals surface area (Å²) < 4.78 is 27.9. The molecule has 480 valence electrons. The molecular formula is C76H88N8O8. The molecule has 0 fully saturated rings. The van der Waals surface area contributed by atoms with Crippen molar-refractivity contribution in [2.75, 3.05) is 26.4 Å². The molecule has 4 N–H and O–H groups in total. The highest BCUT2D eigenvalue weighted by molar-refractivity contribution is 5.79. The topological polar surface area (TPSA) is 205 Å². The van der Waals surface area contributed by atoms with E-state index in [1.165, 1.54) is 0 Å². The van der Waals surface area contributed by atoms with E-state index in [4.69, 9.17) is 18.9 Å². The highest BCUT2D eigenvalue weighted by atomic mass is 16.5. The zero-order valence-corrected chi connectivity index (χ0v) is 55.4. The highest BCUT2D eigenvalue weighted by Gasteiger charge is 2.31. The molecule has 1 aliphatic carbocycles. The molecule has 0 saturated carbocycles. The number of nitrogens with zero attached hydrogens (tertiary/aromatic N) is 4. The Hall–Kier alpha value is -9.44. The Morgan fingerprint density at radius 2 is 0.500 bits per heavy atom. The van der Waals surface area contributed by atoms with Crippen LogP contribution in [0.2, 0.25) is 0 Å². The summed E-state index contributed by atoms with van der Waals surface area (Å²) in [6, 6.07) is 39.5. The van der Waals surface area contributed by atoms with Crippen molar-refractivity contribution >= 4 is 23.6 Å². The average Bonchev–Trinajstić information content (AvgIpc) is 0.780. The van der Waals surface area contributed by atoms with E-state index in [0.29, 0.717) is 45.8 Å². The zero-order valence-electron chi connectivity index (χ0n) is 55.4. The van der Waals surface area contributed by atoms with Crippen LogP contribution in [-0.2, 0) is 92.7 Å². The van der Waals surface area contributed by atoms with Crippen molar-refractivity contribution in [2.45, 2.75) is 157 Å². The maximum Gasteiger partial charge on any atom is 0.258 e. The van der Waals surface area contributed by atoms with E-state index in [9.17, 15) is 19.2 Å². The van der Waals surface area contributed by atoms with Gasteiger partial charge in [0.25, 0.3) is 23.6 Å². The number of nitrogens with one attached hydrogen (secondary N) is 4. The SMILES string of the molecule is CC(C)(C)c1cc2c(OCC(=O)NCc3ccccn3)c(c1)Cc1cc(C(C)(C)C)cc(c1OCC(=O)NCc1ccccn1)Cc1cc(C(C)(C)C)cc(c1OCC(=O)NCc1ccccn1)Cc1cc(C(C)(C)C)cc(c1OCC(=O)NCc1ccccn1)C2. The lowest BCUT2D eigenvalue weighted by molar-refractivity contribution is -0.124. The van der Waals surface area contributed by atoms with E-state index >= 15 is 0 Å². The summed E-state index contributed by atoms with van der Waals surface area (Å²) in [5.41, 5.74) is 11.5. The molecule has 8 bridgehead atoms. The number of aromatic nitrogens is 4. The molecule has 1 aliphatic rings. The summed E-state index contributed by atoms with van der Waals surface area (Å²) in [5, 5.41) is 12.1. The summed E-state index contributed by atoms with van der Waals surface area (Å²) in [7, 11) is 0. The van der Waals surface area contributed by atoms with Crippen LogP contribution in [0.25, 0.3) is 0 Å². The number of carbonyl (C=O) groups excluding carboxylic acids is 4. The third-order valence-corrected chi connectivity index (χ3v) is 16.1. The van der Waals surface area contributed by atoms with Crippen LogP contribution in [0.5, 0.6) is 23.0 Å². The summed E-state index contributed by atoms with van der Waals surface area (Å²) in [6.45, 7) is 25.6. The van der Waals surface area contributed by atoms with E-state index in [1.54, 1.807) is 24.8 Å².